The van der Waals surface area contributed by atoms with Gasteiger partial charge in [0.2, 0.25) is 18.8 Å². The Morgan fingerprint density at radius 3 is 2.84 bits per heavy atom. The highest BCUT2D eigenvalue weighted by atomic mass is 32.2. The average Bonchev–Trinajstić information content (AvgIpc) is 2.63. The number of carbonyl (C=O) groups is 3. The van der Waals surface area contributed by atoms with Crippen LogP contribution in [-0.4, -0.2) is 58.3 Å². The standard InChI is InChI=1S/C15H16N4O4S2/c1-16-18-4-2-10(3-5-18)24-6-9-7-25-14-11(17-8-20)13(21)19(14)12(9)15(22)23/h2-5,8,11,14,16H,6-7H2,1H3,(H-,17,20,22,23)/p+1. The van der Waals surface area contributed by atoms with E-state index >= 15 is 0 Å². The maximum Gasteiger partial charge on any atom is 0.352 e. The van der Waals surface area contributed by atoms with Crippen LogP contribution in [0.4, 0.5) is 0 Å². The van der Waals surface area contributed by atoms with Gasteiger partial charge in [-0.1, -0.05) is 4.68 Å². The van der Waals surface area contributed by atoms with Crippen molar-refractivity contribution in [2.75, 3.05) is 24.0 Å². The lowest BCUT2D eigenvalue weighted by atomic mass is 10.0. The van der Waals surface area contributed by atoms with Crippen LogP contribution in [0, 0.1) is 0 Å². The van der Waals surface area contributed by atoms with E-state index in [1.807, 2.05) is 31.6 Å². The topological polar surface area (TPSA) is 103 Å². The minimum atomic E-state index is -1.11. The normalized spacial score (nSPS) is 22.1. The van der Waals surface area contributed by atoms with Crippen LogP contribution in [0.2, 0.25) is 0 Å². The fraction of sp³-hybridized carbons (Fsp3) is 0.333. The van der Waals surface area contributed by atoms with E-state index in [-0.39, 0.29) is 17.0 Å². The molecule has 1 aromatic heterocycles. The summed E-state index contributed by atoms with van der Waals surface area (Å²) in [6.07, 6.45) is 4.22. The lowest BCUT2D eigenvalue weighted by Crippen LogP contribution is -2.69. The van der Waals surface area contributed by atoms with Gasteiger partial charge in [0.15, 0.2) is 0 Å². The molecule has 3 rings (SSSR count). The third kappa shape index (κ3) is 3.31. The molecule has 3 N–H and O–H groups in total. The van der Waals surface area contributed by atoms with Gasteiger partial charge in [-0.25, -0.2) is 4.79 Å². The van der Waals surface area contributed by atoms with Crippen molar-refractivity contribution >= 4 is 41.8 Å². The molecule has 2 atom stereocenters. The van der Waals surface area contributed by atoms with Gasteiger partial charge in [-0.15, -0.1) is 23.5 Å². The summed E-state index contributed by atoms with van der Waals surface area (Å²) in [7, 11) is 1.81. The largest absolute Gasteiger partial charge is 0.477 e. The van der Waals surface area contributed by atoms with Crippen LogP contribution in [-0.2, 0) is 14.4 Å². The second kappa shape index (κ2) is 7.36. The number of carboxylic acids is 1. The zero-order chi connectivity index (χ0) is 18.0. The van der Waals surface area contributed by atoms with Gasteiger partial charge in [0.1, 0.15) is 17.1 Å². The highest BCUT2D eigenvalue weighted by Crippen LogP contribution is 2.41. The summed E-state index contributed by atoms with van der Waals surface area (Å²) in [6, 6.07) is 3.22. The molecule has 2 unspecified atom stereocenters. The molecule has 25 heavy (non-hydrogen) atoms. The number of fused-ring (bicyclic) bond motifs is 1. The second-order valence-electron chi connectivity index (χ2n) is 5.38. The summed E-state index contributed by atoms with van der Waals surface area (Å²) < 4.78 is 1.80. The third-order valence-corrected chi connectivity index (χ3v) is 6.41. The van der Waals surface area contributed by atoms with E-state index in [1.54, 1.807) is 4.68 Å². The number of carbonyl (C=O) groups excluding carboxylic acids is 2. The van der Waals surface area contributed by atoms with Crippen molar-refractivity contribution in [2.24, 2.45) is 0 Å². The number of hydrogen-bond donors (Lipinski definition) is 3. The van der Waals surface area contributed by atoms with Crippen LogP contribution in [0.15, 0.2) is 40.7 Å². The van der Waals surface area contributed by atoms with Crippen molar-refractivity contribution in [1.29, 1.82) is 0 Å². The zero-order valence-electron chi connectivity index (χ0n) is 13.3. The van der Waals surface area contributed by atoms with Crippen LogP contribution in [0.1, 0.15) is 0 Å². The van der Waals surface area contributed by atoms with E-state index in [0.717, 1.165) is 4.90 Å². The quantitative estimate of drug-likeness (QED) is 0.256. The van der Waals surface area contributed by atoms with E-state index in [0.29, 0.717) is 23.5 Å². The average molecular weight is 381 g/mol. The summed E-state index contributed by atoms with van der Waals surface area (Å²) in [4.78, 5) is 36.7. The molecule has 2 aliphatic rings. The first-order chi connectivity index (χ1) is 12.1. The predicted molar refractivity (Wildman–Crippen MR) is 93.4 cm³/mol. The van der Waals surface area contributed by atoms with Crippen molar-refractivity contribution in [1.82, 2.24) is 10.2 Å². The monoisotopic (exact) mass is 381 g/mol. The molecule has 10 heteroatoms. The number of rotatable bonds is 7. The fourth-order valence-electron chi connectivity index (χ4n) is 2.72. The maximum atomic E-state index is 12.2. The van der Waals surface area contributed by atoms with Gasteiger partial charge in [0.05, 0.1) is 7.05 Å². The van der Waals surface area contributed by atoms with E-state index in [9.17, 15) is 19.5 Å². The number of aliphatic carboxylic acids is 1. The Hall–Kier alpha value is -2.20. The number of nitrogens with one attached hydrogen (secondary N) is 2. The van der Waals surface area contributed by atoms with Crippen LogP contribution >= 0.6 is 23.5 Å². The highest BCUT2D eigenvalue weighted by Gasteiger charge is 2.53. The van der Waals surface area contributed by atoms with Gasteiger partial charge < -0.3 is 10.4 Å². The summed E-state index contributed by atoms with van der Waals surface area (Å²) in [5.41, 5.74) is 3.72. The lowest BCUT2D eigenvalue weighted by molar-refractivity contribution is -0.647. The Bertz CT molecular complexity index is 738. The summed E-state index contributed by atoms with van der Waals surface area (Å²) in [5.74, 6) is -0.483. The second-order valence-corrected chi connectivity index (χ2v) is 7.54. The first kappa shape index (κ1) is 17.6. The molecule has 1 aromatic rings. The molecular formula is C15H17N4O4S2+. The molecule has 132 valence electrons. The van der Waals surface area contributed by atoms with Crippen LogP contribution in [0.25, 0.3) is 0 Å². The predicted octanol–water partition coefficient (Wildman–Crippen LogP) is -0.392. The van der Waals surface area contributed by atoms with Crippen molar-refractivity contribution < 1.29 is 24.2 Å². The minimum absolute atomic E-state index is 0.0476. The Kier molecular flexibility index (Phi) is 5.19. The summed E-state index contributed by atoms with van der Waals surface area (Å²) in [5, 5.41) is 11.7. The molecule has 8 nitrogen and oxygen atoms in total. The van der Waals surface area contributed by atoms with Crippen LogP contribution in [0.5, 0.6) is 0 Å². The number of nitrogens with zero attached hydrogens (tertiary/aromatic N) is 2. The van der Waals surface area contributed by atoms with Crippen molar-refractivity contribution in [3.8, 4) is 0 Å². The molecule has 0 spiro atoms. The van der Waals surface area contributed by atoms with Crippen LogP contribution in [0.3, 0.4) is 0 Å². The van der Waals surface area contributed by atoms with E-state index in [2.05, 4.69) is 10.7 Å². The molecule has 3 heterocycles. The Labute approximate surface area is 152 Å². The van der Waals surface area contributed by atoms with Crippen molar-refractivity contribution in [3.05, 3.63) is 35.8 Å². The Morgan fingerprint density at radius 1 is 1.52 bits per heavy atom. The zero-order valence-corrected chi connectivity index (χ0v) is 15.0. The first-order valence-electron chi connectivity index (χ1n) is 7.48. The van der Waals surface area contributed by atoms with Gasteiger partial charge in [-0.05, 0) is 5.57 Å². The number of carboxylic acid groups (broad SMARTS) is 1. The molecule has 0 aliphatic carbocycles. The molecular weight excluding hydrogens is 364 g/mol. The smallest absolute Gasteiger partial charge is 0.352 e. The molecule has 2 aliphatic heterocycles. The number of β-lactam (4-membered cyclic amide) rings is 1. The fourth-order valence-corrected chi connectivity index (χ4v) is 5.10. The molecule has 0 saturated carbocycles. The van der Waals surface area contributed by atoms with E-state index in [1.165, 1.54) is 28.4 Å². The SMILES string of the molecule is CN[n+]1ccc(SCC2=C(C(=O)O)N3C(=O)C(NC=O)C3SC2)cc1. The van der Waals surface area contributed by atoms with Gasteiger partial charge >= 0.3 is 5.97 Å². The number of thioether (sulfide) groups is 2. The highest BCUT2D eigenvalue weighted by molar-refractivity contribution is 8.01. The molecule has 2 amide bonds. The summed E-state index contributed by atoms with van der Waals surface area (Å²) in [6.45, 7) is 0. The van der Waals surface area contributed by atoms with E-state index in [4.69, 9.17) is 0 Å². The minimum Gasteiger partial charge on any atom is -0.477 e. The number of pyridine rings is 1. The lowest BCUT2D eigenvalue weighted by Gasteiger charge is -2.49. The molecule has 1 fully saturated rings. The van der Waals surface area contributed by atoms with E-state index < -0.39 is 12.0 Å². The maximum absolute atomic E-state index is 12.2. The molecule has 0 aromatic carbocycles. The van der Waals surface area contributed by atoms with Gasteiger partial charge in [0.25, 0.3) is 5.91 Å². The first-order valence-corrected chi connectivity index (χ1v) is 9.51. The van der Waals surface area contributed by atoms with Crippen molar-refractivity contribution in [2.45, 2.75) is 16.3 Å². The van der Waals surface area contributed by atoms with Gasteiger partial charge in [0, 0.05) is 28.5 Å². The number of aromatic nitrogens is 1. The summed E-state index contributed by atoms with van der Waals surface area (Å²) >= 11 is 2.99. The molecule has 1 saturated heterocycles. The Morgan fingerprint density at radius 2 is 2.24 bits per heavy atom. The number of amides is 2. The van der Waals surface area contributed by atoms with Gasteiger partial charge in [-0.2, -0.15) is 5.43 Å². The Balaban J connectivity index is 1.75. The van der Waals surface area contributed by atoms with Gasteiger partial charge in [-0.3, -0.25) is 14.5 Å². The number of hydrogen-bond acceptors (Lipinski definition) is 6. The van der Waals surface area contributed by atoms with Crippen LogP contribution < -0.4 is 15.4 Å². The molecule has 0 radical (unpaired) electrons. The van der Waals surface area contributed by atoms with Crippen molar-refractivity contribution in [3.63, 3.8) is 0 Å². The molecule has 0 bridgehead atoms. The third-order valence-electron chi connectivity index (χ3n) is 3.97.